The fourth-order valence-electron chi connectivity index (χ4n) is 4.21. The monoisotopic (exact) mass is 431 g/mol. The Bertz CT molecular complexity index is 1470. The molecule has 4 heterocycles. The van der Waals surface area contributed by atoms with E-state index in [1.54, 1.807) is 28.9 Å². The van der Waals surface area contributed by atoms with Crippen LogP contribution in [0.5, 0.6) is 0 Å². The second-order valence-corrected chi connectivity index (χ2v) is 7.78. The van der Waals surface area contributed by atoms with Gasteiger partial charge < -0.3 is 15.0 Å². The van der Waals surface area contributed by atoms with Gasteiger partial charge in [0.25, 0.3) is 5.91 Å². The third-order valence-corrected chi connectivity index (χ3v) is 5.91. The van der Waals surface area contributed by atoms with E-state index in [2.05, 4.69) is 15.1 Å². The predicted molar refractivity (Wildman–Crippen MR) is 121 cm³/mol. The lowest BCUT2D eigenvalue weighted by molar-refractivity contribution is 0.0694. The number of hydrogen-bond acceptors (Lipinski definition) is 5. The van der Waals surface area contributed by atoms with Crippen LogP contribution >= 0.6 is 0 Å². The molecule has 0 aliphatic heterocycles. The number of aryl methyl sites for hydroxylation is 1. The minimum atomic E-state index is -0.642. The first-order chi connectivity index (χ1) is 15.4. The van der Waals surface area contributed by atoms with Crippen LogP contribution < -0.4 is 5.73 Å². The number of imidazole rings is 1. The van der Waals surface area contributed by atoms with Crippen LogP contribution in [-0.2, 0) is 7.05 Å². The molecular weight excluding hydrogens is 409 g/mol. The van der Waals surface area contributed by atoms with Crippen LogP contribution in [0.1, 0.15) is 35.9 Å². The summed E-state index contributed by atoms with van der Waals surface area (Å²) >= 11 is 0. The van der Waals surface area contributed by atoms with Gasteiger partial charge in [0.1, 0.15) is 17.3 Å². The summed E-state index contributed by atoms with van der Waals surface area (Å²) in [6.07, 6.45) is 5.40. The van der Waals surface area contributed by atoms with Crippen molar-refractivity contribution >= 4 is 39.2 Å². The molecule has 0 radical (unpaired) electrons. The average molecular weight is 431 g/mol. The van der Waals surface area contributed by atoms with Gasteiger partial charge in [-0.3, -0.25) is 9.48 Å². The number of benzene rings is 1. The molecule has 0 bridgehead atoms. The summed E-state index contributed by atoms with van der Waals surface area (Å²) in [6, 6.07) is 8.18. The van der Waals surface area contributed by atoms with Gasteiger partial charge in [-0.05, 0) is 32.0 Å². The van der Waals surface area contributed by atoms with E-state index in [9.17, 15) is 4.79 Å². The average Bonchev–Trinajstić information content (AvgIpc) is 3.38. The van der Waals surface area contributed by atoms with Gasteiger partial charge in [0.2, 0.25) is 0 Å². The third kappa shape index (κ3) is 2.96. The van der Waals surface area contributed by atoms with E-state index in [0.717, 1.165) is 11.3 Å². The van der Waals surface area contributed by atoms with Gasteiger partial charge >= 0.3 is 0 Å². The fraction of sp³-hybridized carbons (Fsp3) is 0.217. The van der Waals surface area contributed by atoms with Crippen LogP contribution in [0.3, 0.4) is 0 Å². The van der Waals surface area contributed by atoms with Gasteiger partial charge in [-0.2, -0.15) is 5.10 Å². The van der Waals surface area contributed by atoms with Crippen molar-refractivity contribution in [2.24, 2.45) is 7.05 Å². The minimum Gasteiger partial charge on any atom is -0.383 e. The normalized spacial score (nSPS) is 12.6. The molecule has 5 rings (SSSR count). The van der Waals surface area contributed by atoms with E-state index in [-0.39, 0.29) is 17.4 Å². The number of halogens is 1. The number of anilines is 1. The van der Waals surface area contributed by atoms with Crippen LogP contribution in [-0.4, -0.2) is 41.5 Å². The summed E-state index contributed by atoms with van der Waals surface area (Å²) < 4.78 is 18.6. The fourth-order valence-corrected chi connectivity index (χ4v) is 4.21. The Hall–Kier alpha value is -4.01. The molecule has 162 valence electrons. The summed E-state index contributed by atoms with van der Waals surface area (Å²) in [5.41, 5.74) is 8.60. The van der Waals surface area contributed by atoms with Crippen LogP contribution in [0, 0.1) is 5.82 Å². The van der Waals surface area contributed by atoms with Gasteiger partial charge in [-0.25, -0.2) is 14.4 Å². The van der Waals surface area contributed by atoms with Crippen LogP contribution in [0.4, 0.5) is 10.2 Å². The minimum absolute atomic E-state index is 0.0240. The van der Waals surface area contributed by atoms with Crippen molar-refractivity contribution in [1.29, 1.82) is 0 Å². The molecule has 8 nitrogen and oxygen atoms in total. The van der Waals surface area contributed by atoms with E-state index >= 15 is 4.39 Å². The number of hydrogen-bond donors (Lipinski definition) is 1. The molecule has 0 saturated heterocycles. The van der Waals surface area contributed by atoms with E-state index in [1.165, 1.54) is 6.07 Å². The van der Waals surface area contributed by atoms with Crippen molar-refractivity contribution in [2.75, 3.05) is 12.3 Å². The second-order valence-electron chi connectivity index (χ2n) is 7.78. The zero-order chi connectivity index (χ0) is 22.6. The number of nitrogens with two attached hydrogens (primary N) is 1. The number of nitrogens with zero attached hydrogens (tertiary/aromatic N) is 6. The van der Waals surface area contributed by atoms with E-state index in [0.29, 0.717) is 28.4 Å². The number of amides is 1. The summed E-state index contributed by atoms with van der Waals surface area (Å²) in [5.74, 6) is -0.782. The first-order valence-electron chi connectivity index (χ1n) is 10.3. The molecule has 1 amide bonds. The summed E-state index contributed by atoms with van der Waals surface area (Å²) in [6.45, 7) is 4.15. The highest BCUT2D eigenvalue weighted by Crippen LogP contribution is 2.31. The largest absolute Gasteiger partial charge is 0.383 e. The first-order valence-corrected chi connectivity index (χ1v) is 10.3. The van der Waals surface area contributed by atoms with Gasteiger partial charge in [0.05, 0.1) is 39.9 Å². The molecule has 0 spiro atoms. The van der Waals surface area contributed by atoms with Crippen molar-refractivity contribution in [1.82, 2.24) is 29.0 Å². The molecule has 0 aliphatic rings. The Labute approximate surface area is 183 Å². The van der Waals surface area contributed by atoms with Crippen molar-refractivity contribution in [3.05, 3.63) is 66.0 Å². The SMILES string of the molecule is CCN(C(=O)c1cc2c(cc1F)nc(N)c1cnn(C)c12)C(C)c1cn2ccccc2n1. The second kappa shape index (κ2) is 7.30. The Morgan fingerprint density at radius 1 is 1.25 bits per heavy atom. The molecule has 2 N–H and O–H groups in total. The van der Waals surface area contributed by atoms with Crippen LogP contribution in [0.15, 0.2) is 48.9 Å². The lowest BCUT2D eigenvalue weighted by Gasteiger charge is -2.27. The van der Waals surface area contributed by atoms with Crippen molar-refractivity contribution in [3.8, 4) is 0 Å². The molecule has 4 aromatic heterocycles. The highest BCUT2D eigenvalue weighted by molar-refractivity contribution is 6.10. The molecule has 0 saturated carbocycles. The maximum absolute atomic E-state index is 15.1. The molecule has 32 heavy (non-hydrogen) atoms. The van der Waals surface area contributed by atoms with E-state index in [4.69, 9.17) is 5.73 Å². The van der Waals surface area contributed by atoms with E-state index < -0.39 is 11.7 Å². The van der Waals surface area contributed by atoms with Gasteiger partial charge in [0.15, 0.2) is 0 Å². The number of carbonyl (C=O) groups is 1. The Morgan fingerprint density at radius 2 is 2.06 bits per heavy atom. The third-order valence-electron chi connectivity index (χ3n) is 5.91. The van der Waals surface area contributed by atoms with Crippen LogP contribution in [0.2, 0.25) is 0 Å². The Balaban J connectivity index is 1.60. The highest BCUT2D eigenvalue weighted by atomic mass is 19.1. The number of pyridine rings is 2. The predicted octanol–water partition coefficient (Wildman–Crippen LogP) is 3.71. The molecule has 1 aromatic carbocycles. The zero-order valence-electron chi connectivity index (χ0n) is 18.0. The highest BCUT2D eigenvalue weighted by Gasteiger charge is 2.26. The van der Waals surface area contributed by atoms with Gasteiger partial charge in [0, 0.05) is 37.4 Å². The molecule has 0 fully saturated rings. The standard InChI is InChI=1S/C23H22FN7O/c1-4-31(13(2)19-12-30-8-6-5-7-20(30)27-19)23(32)14-9-15-18(10-17(14)24)28-22(25)16-11-26-29(3)21(15)16/h5-13H,4H2,1-3H3,(H2,25,28). The summed E-state index contributed by atoms with van der Waals surface area (Å²) in [7, 11) is 1.77. The van der Waals surface area contributed by atoms with Crippen molar-refractivity contribution < 1.29 is 9.18 Å². The maximum atomic E-state index is 15.1. The van der Waals surface area contributed by atoms with Crippen molar-refractivity contribution in [2.45, 2.75) is 19.9 Å². The topological polar surface area (TPSA) is 94.3 Å². The summed E-state index contributed by atoms with van der Waals surface area (Å²) in [4.78, 5) is 24.0. The number of nitrogen functional groups attached to an aromatic ring is 1. The quantitative estimate of drug-likeness (QED) is 0.468. The first kappa shape index (κ1) is 19.9. The zero-order valence-corrected chi connectivity index (χ0v) is 18.0. The van der Waals surface area contributed by atoms with Gasteiger partial charge in [-0.1, -0.05) is 6.07 Å². The molecule has 0 aliphatic carbocycles. The number of fused-ring (bicyclic) bond motifs is 4. The number of rotatable bonds is 4. The number of aromatic nitrogens is 5. The van der Waals surface area contributed by atoms with Gasteiger partial charge in [-0.15, -0.1) is 0 Å². The maximum Gasteiger partial charge on any atom is 0.257 e. The molecule has 5 aromatic rings. The molecular formula is C23H22FN7O. The lowest BCUT2D eigenvalue weighted by atomic mass is 10.1. The Morgan fingerprint density at radius 3 is 2.81 bits per heavy atom. The molecule has 9 heteroatoms. The smallest absolute Gasteiger partial charge is 0.257 e. The molecule has 1 atom stereocenters. The summed E-state index contributed by atoms with van der Waals surface area (Å²) in [5, 5.41) is 5.52. The number of carbonyl (C=O) groups excluding carboxylic acids is 1. The lowest BCUT2D eigenvalue weighted by Crippen LogP contribution is -2.34. The Kier molecular flexibility index (Phi) is 4.54. The van der Waals surface area contributed by atoms with E-state index in [1.807, 2.05) is 48.8 Å². The van der Waals surface area contributed by atoms with Crippen molar-refractivity contribution in [3.63, 3.8) is 0 Å². The molecule has 1 unspecified atom stereocenters. The van der Waals surface area contributed by atoms with Crippen LogP contribution in [0.25, 0.3) is 27.5 Å².